The minimum absolute atomic E-state index is 0.318. The molecule has 94 valence electrons. The highest BCUT2D eigenvalue weighted by Crippen LogP contribution is 2.37. The lowest BCUT2D eigenvalue weighted by Gasteiger charge is -2.40. The maximum Gasteiger partial charge on any atom is 0.0948 e. The summed E-state index contributed by atoms with van der Waals surface area (Å²) < 4.78 is 0. The monoisotopic (exact) mass is 233 g/mol. The predicted molar refractivity (Wildman–Crippen MR) is 71.1 cm³/mol. The predicted octanol–water partition coefficient (Wildman–Crippen LogP) is 2.51. The highest BCUT2D eigenvalue weighted by atomic mass is 16.3. The standard InChI is InChI=1S/C15H23NO/c1-4-13-10-16-8-7-15(13,17)14-6-5-11(2)12(3)9-14/h5-6,9,13,16-17H,4,7-8,10H2,1-3H3. The van der Waals surface area contributed by atoms with Gasteiger partial charge in [-0.25, -0.2) is 0 Å². The van der Waals surface area contributed by atoms with E-state index in [0.717, 1.165) is 31.5 Å². The van der Waals surface area contributed by atoms with Gasteiger partial charge in [-0.3, -0.25) is 0 Å². The second kappa shape index (κ2) is 4.79. The van der Waals surface area contributed by atoms with Crippen LogP contribution in [0, 0.1) is 19.8 Å². The molecule has 2 N–H and O–H groups in total. The van der Waals surface area contributed by atoms with Crippen LogP contribution in [0.4, 0.5) is 0 Å². The number of aliphatic hydroxyl groups is 1. The molecule has 1 aromatic rings. The van der Waals surface area contributed by atoms with Crippen LogP contribution in [0.5, 0.6) is 0 Å². The SMILES string of the molecule is CCC1CNCCC1(O)c1ccc(C)c(C)c1. The summed E-state index contributed by atoms with van der Waals surface area (Å²) in [7, 11) is 0. The van der Waals surface area contributed by atoms with Gasteiger partial charge in [0.25, 0.3) is 0 Å². The third kappa shape index (κ3) is 2.24. The Morgan fingerprint density at radius 2 is 2.12 bits per heavy atom. The van der Waals surface area contributed by atoms with Crippen molar-refractivity contribution in [3.63, 3.8) is 0 Å². The van der Waals surface area contributed by atoms with Gasteiger partial charge in [-0.1, -0.05) is 25.1 Å². The fraction of sp³-hybridized carbons (Fsp3) is 0.600. The van der Waals surface area contributed by atoms with Gasteiger partial charge in [-0.15, -0.1) is 0 Å². The van der Waals surface area contributed by atoms with Gasteiger partial charge in [-0.2, -0.15) is 0 Å². The lowest BCUT2D eigenvalue weighted by atomic mass is 9.75. The molecule has 0 saturated carbocycles. The number of nitrogens with one attached hydrogen (secondary N) is 1. The van der Waals surface area contributed by atoms with Crippen LogP contribution in [0.1, 0.15) is 36.5 Å². The average Bonchev–Trinajstić information content (AvgIpc) is 2.33. The van der Waals surface area contributed by atoms with Crippen LogP contribution in [0.3, 0.4) is 0 Å². The number of piperidine rings is 1. The number of hydrogen-bond acceptors (Lipinski definition) is 2. The van der Waals surface area contributed by atoms with Crippen molar-refractivity contribution in [1.29, 1.82) is 0 Å². The van der Waals surface area contributed by atoms with Crippen molar-refractivity contribution in [2.75, 3.05) is 13.1 Å². The molecule has 2 nitrogen and oxygen atoms in total. The summed E-state index contributed by atoms with van der Waals surface area (Å²) in [6, 6.07) is 6.37. The van der Waals surface area contributed by atoms with E-state index in [1.807, 2.05) is 0 Å². The van der Waals surface area contributed by atoms with Crippen molar-refractivity contribution < 1.29 is 5.11 Å². The Bertz CT molecular complexity index is 402. The topological polar surface area (TPSA) is 32.3 Å². The molecular formula is C15H23NO. The summed E-state index contributed by atoms with van der Waals surface area (Å²) in [5.41, 5.74) is 3.01. The molecule has 1 aliphatic rings. The fourth-order valence-electron chi connectivity index (χ4n) is 2.80. The largest absolute Gasteiger partial charge is 0.385 e. The van der Waals surface area contributed by atoms with E-state index < -0.39 is 5.60 Å². The molecule has 2 atom stereocenters. The first-order valence-corrected chi connectivity index (χ1v) is 6.58. The van der Waals surface area contributed by atoms with Gasteiger partial charge in [0, 0.05) is 12.5 Å². The van der Waals surface area contributed by atoms with Crippen LogP contribution in [0.15, 0.2) is 18.2 Å². The third-order valence-electron chi connectivity index (χ3n) is 4.25. The molecule has 0 aliphatic carbocycles. The van der Waals surface area contributed by atoms with Crippen LogP contribution in [0.2, 0.25) is 0 Å². The molecule has 1 heterocycles. The number of hydrogen-bond donors (Lipinski definition) is 2. The van der Waals surface area contributed by atoms with E-state index in [1.54, 1.807) is 0 Å². The third-order valence-corrected chi connectivity index (χ3v) is 4.25. The van der Waals surface area contributed by atoms with E-state index in [2.05, 4.69) is 44.3 Å². The van der Waals surface area contributed by atoms with E-state index in [9.17, 15) is 5.11 Å². The first-order valence-electron chi connectivity index (χ1n) is 6.58. The minimum atomic E-state index is -0.640. The molecule has 0 radical (unpaired) electrons. The van der Waals surface area contributed by atoms with Crippen molar-refractivity contribution in [2.24, 2.45) is 5.92 Å². The summed E-state index contributed by atoms with van der Waals surface area (Å²) in [5, 5.41) is 14.4. The molecule has 1 saturated heterocycles. The first-order chi connectivity index (χ1) is 8.08. The molecule has 1 aliphatic heterocycles. The molecule has 17 heavy (non-hydrogen) atoms. The van der Waals surface area contributed by atoms with Crippen molar-refractivity contribution in [3.8, 4) is 0 Å². The van der Waals surface area contributed by atoms with Crippen LogP contribution < -0.4 is 5.32 Å². The Morgan fingerprint density at radius 3 is 2.76 bits per heavy atom. The van der Waals surface area contributed by atoms with Gasteiger partial charge in [0.2, 0.25) is 0 Å². The smallest absolute Gasteiger partial charge is 0.0948 e. The molecule has 1 fully saturated rings. The zero-order chi connectivity index (χ0) is 12.5. The highest BCUT2D eigenvalue weighted by Gasteiger charge is 2.39. The Labute approximate surface area is 104 Å². The zero-order valence-electron chi connectivity index (χ0n) is 11.1. The molecule has 2 unspecified atom stereocenters. The summed E-state index contributed by atoms with van der Waals surface area (Å²) in [5.74, 6) is 0.318. The first kappa shape index (κ1) is 12.6. The summed E-state index contributed by atoms with van der Waals surface area (Å²) >= 11 is 0. The van der Waals surface area contributed by atoms with Gasteiger partial charge in [0.1, 0.15) is 0 Å². The van der Waals surface area contributed by atoms with Crippen molar-refractivity contribution in [2.45, 2.75) is 39.2 Å². The summed E-state index contributed by atoms with van der Waals surface area (Å²) in [6.45, 7) is 8.21. The van der Waals surface area contributed by atoms with Crippen molar-refractivity contribution >= 4 is 0 Å². The van der Waals surface area contributed by atoms with E-state index in [4.69, 9.17) is 0 Å². The van der Waals surface area contributed by atoms with E-state index in [-0.39, 0.29) is 0 Å². The zero-order valence-corrected chi connectivity index (χ0v) is 11.1. The fourth-order valence-corrected chi connectivity index (χ4v) is 2.80. The Kier molecular flexibility index (Phi) is 3.55. The molecule has 0 amide bonds. The Morgan fingerprint density at radius 1 is 1.35 bits per heavy atom. The lowest BCUT2D eigenvalue weighted by molar-refractivity contribution is -0.0479. The van der Waals surface area contributed by atoms with E-state index >= 15 is 0 Å². The van der Waals surface area contributed by atoms with Crippen molar-refractivity contribution in [1.82, 2.24) is 5.32 Å². The van der Waals surface area contributed by atoms with Gasteiger partial charge in [-0.05, 0) is 49.9 Å². The number of rotatable bonds is 2. The summed E-state index contributed by atoms with van der Waals surface area (Å²) in [4.78, 5) is 0. The van der Waals surface area contributed by atoms with Gasteiger partial charge >= 0.3 is 0 Å². The normalized spacial score (nSPS) is 29.3. The molecule has 0 bridgehead atoms. The maximum atomic E-state index is 11.0. The molecule has 1 aromatic carbocycles. The van der Waals surface area contributed by atoms with E-state index in [1.165, 1.54) is 11.1 Å². The average molecular weight is 233 g/mol. The van der Waals surface area contributed by atoms with E-state index in [0.29, 0.717) is 5.92 Å². The van der Waals surface area contributed by atoms with Crippen molar-refractivity contribution in [3.05, 3.63) is 34.9 Å². The highest BCUT2D eigenvalue weighted by molar-refractivity contribution is 5.34. The van der Waals surface area contributed by atoms with Gasteiger partial charge in [0.15, 0.2) is 0 Å². The second-order valence-electron chi connectivity index (χ2n) is 5.28. The van der Waals surface area contributed by atoms with Crippen LogP contribution >= 0.6 is 0 Å². The molecule has 2 heteroatoms. The lowest BCUT2D eigenvalue weighted by Crippen LogP contribution is -2.47. The molecule has 2 rings (SSSR count). The van der Waals surface area contributed by atoms with Crippen LogP contribution in [-0.2, 0) is 5.60 Å². The second-order valence-corrected chi connectivity index (χ2v) is 5.28. The maximum absolute atomic E-state index is 11.0. The van der Waals surface area contributed by atoms with Crippen LogP contribution in [-0.4, -0.2) is 18.2 Å². The quantitative estimate of drug-likeness (QED) is 0.822. The minimum Gasteiger partial charge on any atom is -0.385 e. The molecule has 0 spiro atoms. The Balaban J connectivity index is 2.37. The number of benzene rings is 1. The number of aryl methyl sites for hydroxylation is 2. The summed E-state index contributed by atoms with van der Waals surface area (Å²) in [6.07, 6.45) is 1.82. The Hall–Kier alpha value is -0.860. The van der Waals surface area contributed by atoms with Crippen LogP contribution in [0.25, 0.3) is 0 Å². The molecule has 0 aromatic heterocycles. The van der Waals surface area contributed by atoms with Gasteiger partial charge in [0.05, 0.1) is 5.60 Å². The molecular weight excluding hydrogens is 210 g/mol. The van der Waals surface area contributed by atoms with Gasteiger partial charge < -0.3 is 10.4 Å².